The number of hydrogen-bond donors (Lipinski definition) is 0. The number of amides is 1. The molecule has 132 valence electrons. The molecule has 1 amide bonds. The van der Waals surface area contributed by atoms with Crippen LogP contribution >= 0.6 is 0 Å². The van der Waals surface area contributed by atoms with E-state index in [0.29, 0.717) is 12.5 Å². The molecule has 1 aliphatic carbocycles. The van der Waals surface area contributed by atoms with Gasteiger partial charge >= 0.3 is 0 Å². The van der Waals surface area contributed by atoms with Crippen LogP contribution in [-0.2, 0) is 6.54 Å². The van der Waals surface area contributed by atoms with E-state index in [4.69, 9.17) is 4.98 Å². The van der Waals surface area contributed by atoms with E-state index in [9.17, 15) is 4.79 Å². The molecule has 0 unspecified atom stereocenters. The van der Waals surface area contributed by atoms with Gasteiger partial charge in [-0.1, -0.05) is 11.6 Å². The number of fused-ring (bicyclic) bond motifs is 1. The van der Waals surface area contributed by atoms with Crippen molar-refractivity contribution in [3.63, 3.8) is 0 Å². The first kappa shape index (κ1) is 16.6. The summed E-state index contributed by atoms with van der Waals surface area (Å²) >= 11 is 0. The van der Waals surface area contributed by atoms with E-state index in [1.165, 1.54) is 0 Å². The highest BCUT2D eigenvalue weighted by molar-refractivity contribution is 6.07. The van der Waals surface area contributed by atoms with Crippen molar-refractivity contribution in [2.45, 2.75) is 39.2 Å². The van der Waals surface area contributed by atoms with Gasteiger partial charge in [0.1, 0.15) is 0 Å². The van der Waals surface area contributed by atoms with Gasteiger partial charge in [0.2, 0.25) is 0 Å². The van der Waals surface area contributed by atoms with Crippen molar-refractivity contribution in [3.05, 3.63) is 64.9 Å². The van der Waals surface area contributed by atoms with E-state index in [-0.39, 0.29) is 5.91 Å². The Kier molecular flexibility index (Phi) is 4.15. The summed E-state index contributed by atoms with van der Waals surface area (Å²) < 4.78 is 0. The molecule has 2 heterocycles. The maximum Gasteiger partial charge on any atom is 0.254 e. The van der Waals surface area contributed by atoms with Gasteiger partial charge in [-0.05, 0) is 44.4 Å². The molecule has 0 bridgehead atoms. The van der Waals surface area contributed by atoms with E-state index in [1.807, 2.05) is 13.1 Å². The standard InChI is InChI=1S/C21H22N4O/c1-13-8-14(2)20-17(9-13)18(10-19(24-20)15-4-5-15)21(26)25(3)12-16-11-22-6-7-23-16/h6-11,15H,4-5,12H2,1-3H3. The highest BCUT2D eigenvalue weighted by Crippen LogP contribution is 2.40. The van der Waals surface area contributed by atoms with Gasteiger partial charge in [0.15, 0.2) is 0 Å². The lowest BCUT2D eigenvalue weighted by Gasteiger charge is -2.19. The number of nitrogens with zero attached hydrogens (tertiary/aromatic N) is 4. The molecule has 1 fully saturated rings. The van der Waals surface area contributed by atoms with Crippen LogP contribution in [0.15, 0.2) is 36.8 Å². The van der Waals surface area contributed by atoms with Crippen molar-refractivity contribution in [1.29, 1.82) is 0 Å². The molecule has 0 spiro atoms. The Morgan fingerprint density at radius 1 is 1.19 bits per heavy atom. The Balaban J connectivity index is 1.77. The molecule has 5 nitrogen and oxygen atoms in total. The van der Waals surface area contributed by atoms with Crippen molar-refractivity contribution in [1.82, 2.24) is 19.9 Å². The highest BCUT2D eigenvalue weighted by Gasteiger charge is 2.28. The van der Waals surface area contributed by atoms with Crippen LogP contribution in [0.2, 0.25) is 0 Å². The predicted molar refractivity (Wildman–Crippen MR) is 101 cm³/mol. The predicted octanol–water partition coefficient (Wildman–Crippen LogP) is 3.79. The van der Waals surface area contributed by atoms with Gasteiger partial charge in [0, 0.05) is 36.4 Å². The number of hydrogen-bond acceptors (Lipinski definition) is 4. The average molecular weight is 346 g/mol. The fourth-order valence-electron chi connectivity index (χ4n) is 3.40. The summed E-state index contributed by atoms with van der Waals surface area (Å²) in [5.41, 5.74) is 5.75. The first-order valence-electron chi connectivity index (χ1n) is 8.95. The lowest BCUT2D eigenvalue weighted by Crippen LogP contribution is -2.27. The summed E-state index contributed by atoms with van der Waals surface area (Å²) in [4.78, 5) is 28.2. The summed E-state index contributed by atoms with van der Waals surface area (Å²) in [5.74, 6) is 0.493. The third kappa shape index (κ3) is 3.17. The molecule has 2 aromatic heterocycles. The van der Waals surface area contributed by atoms with E-state index in [1.54, 1.807) is 23.5 Å². The molecule has 0 radical (unpaired) electrons. The Bertz CT molecular complexity index is 980. The lowest BCUT2D eigenvalue weighted by atomic mass is 10.00. The van der Waals surface area contributed by atoms with Crippen LogP contribution in [0, 0.1) is 13.8 Å². The Morgan fingerprint density at radius 3 is 2.69 bits per heavy atom. The monoisotopic (exact) mass is 346 g/mol. The maximum absolute atomic E-state index is 13.2. The zero-order valence-corrected chi connectivity index (χ0v) is 15.4. The van der Waals surface area contributed by atoms with Crippen LogP contribution in [0.1, 0.15) is 51.6 Å². The number of aromatic nitrogens is 3. The minimum Gasteiger partial charge on any atom is -0.336 e. The molecule has 4 rings (SSSR count). The quantitative estimate of drug-likeness (QED) is 0.721. The van der Waals surface area contributed by atoms with Crippen molar-refractivity contribution >= 4 is 16.8 Å². The smallest absolute Gasteiger partial charge is 0.254 e. The number of benzene rings is 1. The summed E-state index contributed by atoms with van der Waals surface area (Å²) in [5, 5.41) is 0.933. The zero-order valence-electron chi connectivity index (χ0n) is 15.4. The van der Waals surface area contributed by atoms with E-state index in [2.05, 4.69) is 35.9 Å². The van der Waals surface area contributed by atoms with Crippen molar-refractivity contribution in [2.24, 2.45) is 0 Å². The molecule has 0 N–H and O–H groups in total. The Morgan fingerprint density at radius 2 is 2.00 bits per heavy atom. The Labute approximate surface area is 153 Å². The van der Waals surface area contributed by atoms with E-state index >= 15 is 0 Å². The van der Waals surface area contributed by atoms with Crippen LogP contribution in [0.3, 0.4) is 0 Å². The van der Waals surface area contributed by atoms with Crippen molar-refractivity contribution in [3.8, 4) is 0 Å². The molecule has 1 saturated carbocycles. The van der Waals surface area contributed by atoms with Gasteiger partial charge in [-0.25, -0.2) is 0 Å². The molecule has 3 aromatic rings. The third-order valence-corrected chi connectivity index (χ3v) is 4.86. The zero-order chi connectivity index (χ0) is 18.3. The van der Waals surface area contributed by atoms with E-state index in [0.717, 1.165) is 51.8 Å². The first-order chi connectivity index (χ1) is 12.5. The van der Waals surface area contributed by atoms with Gasteiger partial charge in [-0.15, -0.1) is 0 Å². The van der Waals surface area contributed by atoms with Gasteiger partial charge in [0.25, 0.3) is 5.91 Å². The molecule has 26 heavy (non-hydrogen) atoms. The molecule has 0 saturated heterocycles. The number of carbonyl (C=O) groups excluding carboxylic acids is 1. The SMILES string of the molecule is Cc1cc(C)c2nc(C3CC3)cc(C(=O)N(C)Cc3cnccn3)c2c1. The highest BCUT2D eigenvalue weighted by atomic mass is 16.2. The summed E-state index contributed by atoms with van der Waals surface area (Å²) in [7, 11) is 1.81. The molecular formula is C21H22N4O. The fraction of sp³-hybridized carbons (Fsp3) is 0.333. The minimum absolute atomic E-state index is 0.00467. The molecule has 1 aromatic carbocycles. The minimum atomic E-state index is -0.00467. The summed E-state index contributed by atoms with van der Waals surface area (Å²) in [6, 6.07) is 6.19. The molecule has 0 aliphatic heterocycles. The largest absolute Gasteiger partial charge is 0.336 e. The van der Waals surface area contributed by atoms with Crippen molar-refractivity contribution in [2.75, 3.05) is 7.05 Å². The van der Waals surface area contributed by atoms with Crippen LogP contribution in [0.4, 0.5) is 0 Å². The van der Waals surface area contributed by atoms with Gasteiger partial charge in [0.05, 0.1) is 29.5 Å². The van der Waals surface area contributed by atoms with E-state index < -0.39 is 0 Å². The second-order valence-corrected chi connectivity index (χ2v) is 7.20. The molecule has 5 heteroatoms. The normalized spacial score (nSPS) is 13.8. The topological polar surface area (TPSA) is 59.0 Å². The van der Waals surface area contributed by atoms with Crippen molar-refractivity contribution < 1.29 is 4.79 Å². The van der Waals surface area contributed by atoms with Crippen LogP contribution < -0.4 is 0 Å². The van der Waals surface area contributed by atoms with Crippen LogP contribution in [0.25, 0.3) is 10.9 Å². The fourth-order valence-corrected chi connectivity index (χ4v) is 3.40. The van der Waals surface area contributed by atoms with Gasteiger partial charge < -0.3 is 4.90 Å². The number of aryl methyl sites for hydroxylation is 2. The average Bonchev–Trinajstić information content (AvgIpc) is 3.46. The molecule has 0 atom stereocenters. The Hall–Kier alpha value is -2.82. The summed E-state index contributed by atoms with van der Waals surface area (Å²) in [6.07, 6.45) is 7.29. The molecule has 1 aliphatic rings. The van der Waals surface area contributed by atoms with Crippen LogP contribution in [-0.4, -0.2) is 32.8 Å². The van der Waals surface area contributed by atoms with Gasteiger partial charge in [-0.2, -0.15) is 0 Å². The third-order valence-electron chi connectivity index (χ3n) is 4.86. The lowest BCUT2D eigenvalue weighted by molar-refractivity contribution is 0.0785. The number of rotatable bonds is 4. The maximum atomic E-state index is 13.2. The second kappa shape index (κ2) is 6.48. The van der Waals surface area contributed by atoms with Gasteiger partial charge in [-0.3, -0.25) is 19.7 Å². The number of pyridine rings is 1. The molecular weight excluding hydrogens is 324 g/mol. The number of carbonyl (C=O) groups is 1. The second-order valence-electron chi connectivity index (χ2n) is 7.20. The first-order valence-corrected chi connectivity index (χ1v) is 8.95. The van der Waals surface area contributed by atoms with Crippen LogP contribution in [0.5, 0.6) is 0 Å². The summed E-state index contributed by atoms with van der Waals surface area (Å²) in [6.45, 7) is 4.55.